The van der Waals surface area contributed by atoms with Gasteiger partial charge in [0.2, 0.25) is 0 Å². The highest BCUT2D eigenvalue weighted by Crippen LogP contribution is 2.19. The third kappa shape index (κ3) is 2.25. The first-order valence-corrected chi connectivity index (χ1v) is 5.56. The van der Waals surface area contributed by atoms with Crippen molar-refractivity contribution in [1.82, 2.24) is 4.90 Å². The van der Waals surface area contributed by atoms with Gasteiger partial charge in [-0.1, -0.05) is 12.1 Å². The van der Waals surface area contributed by atoms with Crippen LogP contribution in [0.5, 0.6) is 5.75 Å². The van der Waals surface area contributed by atoms with E-state index < -0.39 is 0 Å². The molecule has 0 aliphatic carbocycles. The van der Waals surface area contributed by atoms with Gasteiger partial charge in [-0.05, 0) is 31.2 Å². The Bertz CT molecular complexity index is 389. The Hall–Kier alpha value is -1.35. The highest BCUT2D eigenvalue weighted by atomic mass is 16.5. The van der Waals surface area contributed by atoms with E-state index in [1.807, 2.05) is 31.3 Å². The maximum atomic E-state index is 11.7. The molecule has 1 aliphatic rings. The number of hydrogen-bond donors (Lipinski definition) is 0. The van der Waals surface area contributed by atoms with Crippen molar-refractivity contribution >= 4 is 5.78 Å². The van der Waals surface area contributed by atoms with Gasteiger partial charge >= 0.3 is 0 Å². The first-order chi connectivity index (χ1) is 7.70. The number of rotatable bonds is 3. The molecule has 0 spiro atoms. The summed E-state index contributed by atoms with van der Waals surface area (Å²) >= 11 is 0. The van der Waals surface area contributed by atoms with Crippen LogP contribution in [-0.4, -0.2) is 37.4 Å². The van der Waals surface area contributed by atoms with E-state index in [0.29, 0.717) is 12.2 Å². The van der Waals surface area contributed by atoms with Gasteiger partial charge in [-0.3, -0.25) is 9.69 Å². The van der Waals surface area contributed by atoms with Crippen molar-refractivity contribution in [2.24, 2.45) is 0 Å². The smallest absolute Gasteiger partial charge is 0.151 e. The summed E-state index contributed by atoms with van der Waals surface area (Å²) in [4.78, 5) is 13.8. The highest BCUT2D eigenvalue weighted by molar-refractivity contribution is 5.86. The SMILES string of the molecule is COc1cccc(CC2C(=O)CCN2C)c1. The Morgan fingerprint density at radius 3 is 2.94 bits per heavy atom. The Labute approximate surface area is 96.0 Å². The summed E-state index contributed by atoms with van der Waals surface area (Å²) in [7, 11) is 3.67. The number of nitrogens with zero attached hydrogens (tertiary/aromatic N) is 1. The van der Waals surface area contributed by atoms with Gasteiger partial charge in [0.1, 0.15) is 5.75 Å². The summed E-state index contributed by atoms with van der Waals surface area (Å²) in [5.41, 5.74) is 1.16. The van der Waals surface area contributed by atoms with E-state index in [1.54, 1.807) is 7.11 Å². The van der Waals surface area contributed by atoms with Crippen molar-refractivity contribution < 1.29 is 9.53 Å². The number of hydrogen-bond acceptors (Lipinski definition) is 3. The Kier molecular flexibility index (Phi) is 3.25. The maximum absolute atomic E-state index is 11.7. The van der Waals surface area contributed by atoms with Gasteiger partial charge in [-0.25, -0.2) is 0 Å². The van der Waals surface area contributed by atoms with Crippen LogP contribution < -0.4 is 4.74 Å². The topological polar surface area (TPSA) is 29.5 Å². The van der Waals surface area contributed by atoms with Crippen LogP contribution >= 0.6 is 0 Å². The summed E-state index contributed by atoms with van der Waals surface area (Å²) in [6, 6.07) is 7.98. The second-order valence-corrected chi connectivity index (χ2v) is 4.27. The first kappa shape index (κ1) is 11.1. The number of carbonyl (C=O) groups excluding carboxylic acids is 1. The van der Waals surface area contributed by atoms with Gasteiger partial charge in [-0.15, -0.1) is 0 Å². The van der Waals surface area contributed by atoms with Crippen molar-refractivity contribution in [3.8, 4) is 5.75 Å². The van der Waals surface area contributed by atoms with E-state index in [1.165, 1.54) is 0 Å². The molecule has 0 saturated carbocycles. The van der Waals surface area contributed by atoms with Crippen LogP contribution in [0.4, 0.5) is 0 Å². The summed E-state index contributed by atoms with van der Waals surface area (Å²) in [5.74, 6) is 1.20. The van der Waals surface area contributed by atoms with Crippen LogP contribution in [0.15, 0.2) is 24.3 Å². The summed E-state index contributed by atoms with van der Waals surface area (Å²) in [5, 5.41) is 0. The summed E-state index contributed by atoms with van der Waals surface area (Å²) < 4.78 is 5.17. The minimum Gasteiger partial charge on any atom is -0.497 e. The second-order valence-electron chi connectivity index (χ2n) is 4.27. The average Bonchev–Trinajstić information content (AvgIpc) is 2.61. The Morgan fingerprint density at radius 2 is 2.31 bits per heavy atom. The molecule has 1 unspecified atom stereocenters. The van der Waals surface area contributed by atoms with Gasteiger partial charge in [0.05, 0.1) is 13.2 Å². The van der Waals surface area contributed by atoms with E-state index in [0.717, 1.165) is 24.3 Å². The lowest BCUT2D eigenvalue weighted by molar-refractivity contribution is -0.119. The number of methoxy groups -OCH3 is 1. The van der Waals surface area contributed by atoms with Crippen LogP contribution in [-0.2, 0) is 11.2 Å². The molecule has 16 heavy (non-hydrogen) atoms. The first-order valence-electron chi connectivity index (χ1n) is 5.56. The predicted octanol–water partition coefficient (Wildman–Crippen LogP) is 1.51. The number of ketones is 1. The van der Waals surface area contributed by atoms with Crippen molar-refractivity contribution in [2.75, 3.05) is 20.7 Å². The quantitative estimate of drug-likeness (QED) is 0.771. The van der Waals surface area contributed by atoms with E-state index in [4.69, 9.17) is 4.74 Å². The van der Waals surface area contributed by atoms with Gasteiger partial charge in [-0.2, -0.15) is 0 Å². The number of carbonyl (C=O) groups is 1. The molecule has 0 N–H and O–H groups in total. The minimum absolute atomic E-state index is 0.0482. The van der Waals surface area contributed by atoms with Crippen molar-refractivity contribution in [2.45, 2.75) is 18.9 Å². The largest absolute Gasteiger partial charge is 0.497 e. The summed E-state index contributed by atoms with van der Waals surface area (Å²) in [6.07, 6.45) is 1.47. The molecule has 1 aliphatic heterocycles. The molecule has 0 aromatic heterocycles. The van der Waals surface area contributed by atoms with Crippen molar-refractivity contribution in [1.29, 1.82) is 0 Å². The number of likely N-dealkylation sites (N-methyl/N-ethyl adjacent to an activating group) is 1. The van der Waals surface area contributed by atoms with Crippen LogP contribution in [0, 0.1) is 0 Å². The maximum Gasteiger partial charge on any atom is 0.151 e. The zero-order chi connectivity index (χ0) is 11.5. The van der Waals surface area contributed by atoms with Gasteiger partial charge in [0.25, 0.3) is 0 Å². The Morgan fingerprint density at radius 1 is 1.50 bits per heavy atom. The van der Waals surface area contributed by atoms with Crippen LogP contribution in [0.1, 0.15) is 12.0 Å². The van der Waals surface area contributed by atoms with E-state index in [-0.39, 0.29) is 6.04 Å². The number of likely N-dealkylation sites (tertiary alicyclic amines) is 1. The molecule has 1 saturated heterocycles. The molecule has 3 nitrogen and oxygen atoms in total. The number of ether oxygens (including phenoxy) is 1. The molecule has 1 aromatic carbocycles. The fourth-order valence-electron chi connectivity index (χ4n) is 2.15. The Balaban J connectivity index is 2.10. The third-order valence-corrected chi connectivity index (χ3v) is 3.18. The molecule has 3 heteroatoms. The summed E-state index contributed by atoms with van der Waals surface area (Å²) in [6.45, 7) is 0.882. The lowest BCUT2D eigenvalue weighted by atomic mass is 10.0. The van der Waals surface area contributed by atoms with Gasteiger partial charge in [0, 0.05) is 13.0 Å². The van der Waals surface area contributed by atoms with Gasteiger partial charge < -0.3 is 4.74 Å². The van der Waals surface area contributed by atoms with Crippen molar-refractivity contribution in [3.63, 3.8) is 0 Å². The van der Waals surface area contributed by atoms with Crippen LogP contribution in [0.25, 0.3) is 0 Å². The van der Waals surface area contributed by atoms with E-state index >= 15 is 0 Å². The fourth-order valence-corrected chi connectivity index (χ4v) is 2.15. The van der Waals surface area contributed by atoms with E-state index in [9.17, 15) is 4.79 Å². The molecule has 1 fully saturated rings. The zero-order valence-corrected chi connectivity index (χ0v) is 9.77. The molecular weight excluding hydrogens is 202 g/mol. The molecule has 1 atom stereocenters. The normalized spacial score (nSPS) is 21.4. The number of Topliss-reactive ketones (excluding diaryl/α,β-unsaturated/α-hetero) is 1. The second kappa shape index (κ2) is 4.66. The third-order valence-electron chi connectivity index (χ3n) is 3.18. The lowest BCUT2D eigenvalue weighted by Gasteiger charge is -2.18. The molecule has 0 amide bonds. The average molecular weight is 219 g/mol. The van der Waals surface area contributed by atoms with Crippen LogP contribution in [0.2, 0.25) is 0 Å². The van der Waals surface area contributed by atoms with E-state index in [2.05, 4.69) is 4.90 Å². The highest BCUT2D eigenvalue weighted by Gasteiger charge is 2.29. The standard InChI is InChI=1S/C13H17NO2/c1-14-7-6-13(15)12(14)9-10-4-3-5-11(8-10)16-2/h3-5,8,12H,6-7,9H2,1-2H3. The van der Waals surface area contributed by atoms with Crippen LogP contribution in [0.3, 0.4) is 0 Å². The molecule has 2 rings (SSSR count). The molecule has 1 aromatic rings. The molecule has 0 radical (unpaired) electrons. The molecule has 1 heterocycles. The lowest BCUT2D eigenvalue weighted by Crippen LogP contribution is -2.31. The predicted molar refractivity (Wildman–Crippen MR) is 62.7 cm³/mol. The molecule has 0 bridgehead atoms. The van der Waals surface area contributed by atoms with Gasteiger partial charge in [0.15, 0.2) is 5.78 Å². The monoisotopic (exact) mass is 219 g/mol. The minimum atomic E-state index is 0.0482. The fraction of sp³-hybridized carbons (Fsp3) is 0.462. The zero-order valence-electron chi connectivity index (χ0n) is 9.77. The molecular formula is C13H17NO2. The molecule has 86 valence electrons. The van der Waals surface area contributed by atoms with Crippen molar-refractivity contribution in [3.05, 3.63) is 29.8 Å². The number of benzene rings is 1.